The van der Waals surface area contributed by atoms with Gasteiger partial charge in [0.15, 0.2) is 0 Å². The van der Waals surface area contributed by atoms with E-state index in [-0.39, 0.29) is 5.95 Å². The number of terminal acetylenes is 1. The Morgan fingerprint density at radius 3 is 2.38 bits per heavy atom. The molecule has 3 N–H and O–H groups in total. The van der Waals surface area contributed by atoms with Crippen molar-refractivity contribution >= 4 is 17.0 Å². The van der Waals surface area contributed by atoms with Gasteiger partial charge < -0.3 is 10.7 Å². The Labute approximate surface area is 140 Å². The quantitative estimate of drug-likeness (QED) is 0.674. The maximum Gasteiger partial charge on any atom is 0.220 e. The zero-order valence-electron chi connectivity index (χ0n) is 13.4. The maximum atomic E-state index is 5.59. The van der Waals surface area contributed by atoms with E-state index in [1.165, 1.54) is 11.8 Å². The fourth-order valence-corrected chi connectivity index (χ4v) is 3.47. The average molecular weight is 317 g/mol. The molecule has 2 fully saturated rings. The first-order valence-corrected chi connectivity index (χ1v) is 8.28. The number of fused-ring (bicyclic) bond motifs is 2. The summed E-state index contributed by atoms with van der Waals surface area (Å²) in [5, 5.41) is 0.873. The van der Waals surface area contributed by atoms with Crippen LogP contribution in [0.4, 0.5) is 5.95 Å². The van der Waals surface area contributed by atoms with E-state index in [0.717, 1.165) is 27.9 Å². The van der Waals surface area contributed by atoms with Crippen LogP contribution >= 0.6 is 0 Å². The van der Waals surface area contributed by atoms with E-state index < -0.39 is 0 Å². The lowest BCUT2D eigenvalue weighted by molar-refractivity contribution is 0.0548. The minimum atomic E-state index is 0.230. The summed E-state index contributed by atoms with van der Waals surface area (Å²) in [5.74, 6) is 5.30. The van der Waals surface area contributed by atoms with Crippen molar-refractivity contribution in [3.8, 4) is 23.6 Å². The summed E-state index contributed by atoms with van der Waals surface area (Å²) >= 11 is 0. The first kappa shape index (κ1) is 14.7. The number of nitrogens with two attached hydrogens (primary N) is 1. The van der Waals surface area contributed by atoms with E-state index in [1.54, 1.807) is 50.2 Å². The fourth-order valence-electron chi connectivity index (χ4n) is 3.47. The second-order valence-electron chi connectivity index (χ2n) is 6.40. The molecule has 2 aliphatic carbocycles. The molecule has 2 aliphatic rings. The van der Waals surface area contributed by atoms with Gasteiger partial charge in [0.1, 0.15) is 5.65 Å². The molecule has 0 bridgehead atoms. The standard InChI is InChI=1S/C13H9N5.C6H10/c1-2-8-3-5-15-12-11(8)9(7-17-12)10-4-6-16-13(14)18-10;1-2-6-4-3-5(1)6/h1,3-7H,(H,15,17)(H2,14,16,18);5-6H,1-4H2. The van der Waals surface area contributed by atoms with Crippen LogP contribution < -0.4 is 5.73 Å². The van der Waals surface area contributed by atoms with Gasteiger partial charge in [0.25, 0.3) is 0 Å². The van der Waals surface area contributed by atoms with Crippen LogP contribution in [0.25, 0.3) is 22.3 Å². The summed E-state index contributed by atoms with van der Waals surface area (Å²) in [4.78, 5) is 15.4. The Kier molecular flexibility index (Phi) is 3.66. The molecule has 0 unspecified atom stereocenters. The van der Waals surface area contributed by atoms with Gasteiger partial charge in [-0.15, -0.1) is 6.42 Å². The highest BCUT2D eigenvalue weighted by atomic mass is 15.0. The third-order valence-corrected chi connectivity index (χ3v) is 5.16. The summed E-state index contributed by atoms with van der Waals surface area (Å²) in [6.45, 7) is 0. The molecule has 5 heteroatoms. The van der Waals surface area contributed by atoms with Crippen molar-refractivity contribution in [2.24, 2.45) is 11.8 Å². The van der Waals surface area contributed by atoms with Crippen molar-refractivity contribution in [3.05, 3.63) is 36.3 Å². The molecule has 5 nitrogen and oxygen atoms in total. The predicted octanol–water partition coefficient (Wildman–Crippen LogP) is 3.39. The van der Waals surface area contributed by atoms with Crippen LogP contribution in [0, 0.1) is 24.2 Å². The van der Waals surface area contributed by atoms with E-state index >= 15 is 0 Å². The van der Waals surface area contributed by atoms with Crippen molar-refractivity contribution in [3.63, 3.8) is 0 Å². The Bertz CT molecular complexity index is 903. The number of nitrogen functional groups attached to an aromatic ring is 1. The number of aromatic amines is 1. The van der Waals surface area contributed by atoms with E-state index in [9.17, 15) is 0 Å². The van der Waals surface area contributed by atoms with Crippen LogP contribution in [0.5, 0.6) is 0 Å². The van der Waals surface area contributed by atoms with Gasteiger partial charge in [0, 0.05) is 35.1 Å². The zero-order valence-corrected chi connectivity index (χ0v) is 13.4. The van der Waals surface area contributed by atoms with Crippen LogP contribution in [0.3, 0.4) is 0 Å². The van der Waals surface area contributed by atoms with Crippen LogP contribution in [-0.4, -0.2) is 19.9 Å². The molecular formula is C19H19N5. The molecular weight excluding hydrogens is 298 g/mol. The predicted molar refractivity (Wildman–Crippen MR) is 94.9 cm³/mol. The van der Waals surface area contributed by atoms with Gasteiger partial charge in [0.05, 0.1) is 5.69 Å². The first-order valence-electron chi connectivity index (χ1n) is 8.28. The normalized spacial score (nSPS) is 20.8. The van der Waals surface area contributed by atoms with Crippen molar-refractivity contribution < 1.29 is 0 Å². The lowest BCUT2D eigenvalue weighted by Gasteiger charge is -2.46. The van der Waals surface area contributed by atoms with Crippen LogP contribution in [-0.2, 0) is 0 Å². The highest BCUT2D eigenvalue weighted by Gasteiger charge is 2.37. The lowest BCUT2D eigenvalue weighted by Crippen LogP contribution is -2.34. The van der Waals surface area contributed by atoms with Gasteiger partial charge >= 0.3 is 0 Å². The molecule has 3 aromatic heterocycles. The van der Waals surface area contributed by atoms with Crippen molar-refractivity contribution in [1.82, 2.24) is 19.9 Å². The summed E-state index contributed by atoms with van der Waals surface area (Å²) < 4.78 is 0. The molecule has 0 aromatic carbocycles. The van der Waals surface area contributed by atoms with E-state index in [2.05, 4.69) is 25.9 Å². The van der Waals surface area contributed by atoms with E-state index in [1.807, 2.05) is 6.20 Å². The molecule has 0 atom stereocenters. The largest absolute Gasteiger partial charge is 0.368 e. The van der Waals surface area contributed by atoms with Gasteiger partial charge in [-0.1, -0.05) is 5.92 Å². The van der Waals surface area contributed by atoms with Gasteiger partial charge in [0.2, 0.25) is 5.95 Å². The van der Waals surface area contributed by atoms with Crippen molar-refractivity contribution in [2.45, 2.75) is 25.7 Å². The molecule has 0 aliphatic heterocycles. The maximum absolute atomic E-state index is 5.59. The second kappa shape index (κ2) is 5.97. The Balaban J connectivity index is 0.000000201. The number of nitrogens with one attached hydrogen (secondary N) is 1. The van der Waals surface area contributed by atoms with E-state index in [0.29, 0.717) is 0 Å². The monoisotopic (exact) mass is 317 g/mol. The molecule has 120 valence electrons. The SMILES string of the molecule is C#Cc1ccnc2[nH]cc(-c3ccnc(N)n3)c12.C1CC2CCC12. The summed E-state index contributed by atoms with van der Waals surface area (Å²) in [6, 6.07) is 3.58. The van der Waals surface area contributed by atoms with Crippen LogP contribution in [0.15, 0.2) is 30.7 Å². The summed E-state index contributed by atoms with van der Waals surface area (Å²) in [5.41, 5.74) is 8.69. The molecule has 3 aromatic rings. The minimum Gasteiger partial charge on any atom is -0.368 e. The molecule has 0 radical (unpaired) electrons. The third kappa shape index (κ3) is 2.50. The van der Waals surface area contributed by atoms with Gasteiger partial charge in [-0.2, -0.15) is 0 Å². The van der Waals surface area contributed by atoms with Gasteiger partial charge in [-0.05, 0) is 49.7 Å². The number of anilines is 1. The molecule has 0 spiro atoms. The van der Waals surface area contributed by atoms with Crippen molar-refractivity contribution in [1.29, 1.82) is 0 Å². The number of H-pyrrole nitrogens is 1. The topological polar surface area (TPSA) is 80.5 Å². The average Bonchev–Trinajstić information content (AvgIpc) is 3.03. The molecule has 2 saturated carbocycles. The smallest absolute Gasteiger partial charge is 0.220 e. The number of hydrogen-bond acceptors (Lipinski definition) is 4. The summed E-state index contributed by atoms with van der Waals surface area (Å²) in [6.07, 6.45) is 16.8. The van der Waals surface area contributed by atoms with Gasteiger partial charge in [-0.3, -0.25) is 0 Å². The Morgan fingerprint density at radius 1 is 1.08 bits per heavy atom. The zero-order chi connectivity index (χ0) is 16.5. The van der Waals surface area contributed by atoms with E-state index in [4.69, 9.17) is 12.2 Å². The first-order chi connectivity index (χ1) is 11.8. The number of hydrogen-bond donors (Lipinski definition) is 2. The number of nitrogens with zero attached hydrogens (tertiary/aromatic N) is 3. The number of pyridine rings is 1. The second-order valence-corrected chi connectivity index (χ2v) is 6.40. The molecule has 3 heterocycles. The third-order valence-electron chi connectivity index (χ3n) is 5.16. The van der Waals surface area contributed by atoms with Gasteiger partial charge in [-0.25, -0.2) is 15.0 Å². The van der Waals surface area contributed by atoms with Crippen LogP contribution in [0.1, 0.15) is 31.2 Å². The molecule has 5 rings (SSSR count). The molecule has 24 heavy (non-hydrogen) atoms. The summed E-state index contributed by atoms with van der Waals surface area (Å²) in [7, 11) is 0. The fraction of sp³-hybridized carbons (Fsp3) is 0.316. The Hall–Kier alpha value is -2.87. The number of aromatic nitrogens is 4. The minimum absolute atomic E-state index is 0.230. The molecule has 0 saturated heterocycles. The lowest BCUT2D eigenvalue weighted by atomic mass is 9.60. The Morgan fingerprint density at radius 2 is 1.79 bits per heavy atom. The highest BCUT2D eigenvalue weighted by molar-refractivity contribution is 5.96. The van der Waals surface area contributed by atoms with Crippen LogP contribution in [0.2, 0.25) is 0 Å². The molecule has 0 amide bonds. The highest BCUT2D eigenvalue weighted by Crippen LogP contribution is 2.49. The van der Waals surface area contributed by atoms with Crippen molar-refractivity contribution in [2.75, 3.05) is 5.73 Å². The number of rotatable bonds is 1.